The smallest absolute Gasteiger partial charge is 0.336 e. The number of tetrazole rings is 1. The normalized spacial score (nSPS) is 11.0. The SMILES string of the molecule is CCc1ccc2c(CSc3nnnn3-c3cccc(NC(C)=O)c3)cc(=O)oc2c1. The van der Waals surface area contributed by atoms with Crippen molar-refractivity contribution in [2.24, 2.45) is 0 Å². The lowest BCUT2D eigenvalue weighted by Gasteiger charge is -2.08. The van der Waals surface area contributed by atoms with Crippen LogP contribution in [0.15, 0.2) is 62.9 Å². The van der Waals surface area contributed by atoms with Gasteiger partial charge in [-0.25, -0.2) is 4.79 Å². The predicted octanol–water partition coefficient (Wildman–Crippen LogP) is 3.58. The van der Waals surface area contributed by atoms with Gasteiger partial charge in [0.2, 0.25) is 11.1 Å². The fraction of sp³-hybridized carbons (Fsp3) is 0.190. The number of benzene rings is 2. The average Bonchev–Trinajstić information content (AvgIpc) is 3.19. The molecule has 0 aliphatic carbocycles. The second-order valence-electron chi connectivity index (χ2n) is 6.67. The van der Waals surface area contributed by atoms with Gasteiger partial charge in [-0.15, -0.1) is 5.10 Å². The van der Waals surface area contributed by atoms with Crippen LogP contribution in [0.25, 0.3) is 16.7 Å². The number of fused-ring (bicyclic) bond motifs is 1. The maximum Gasteiger partial charge on any atom is 0.336 e. The Labute approximate surface area is 176 Å². The summed E-state index contributed by atoms with van der Waals surface area (Å²) in [4.78, 5) is 23.3. The predicted molar refractivity (Wildman–Crippen MR) is 115 cm³/mol. The molecule has 8 nitrogen and oxygen atoms in total. The first-order valence-electron chi connectivity index (χ1n) is 9.38. The van der Waals surface area contributed by atoms with Crippen LogP contribution in [0, 0.1) is 0 Å². The molecular formula is C21H19N5O3S. The van der Waals surface area contributed by atoms with E-state index in [1.165, 1.54) is 24.8 Å². The number of carbonyl (C=O) groups is 1. The first-order chi connectivity index (χ1) is 14.5. The summed E-state index contributed by atoms with van der Waals surface area (Å²) in [6.45, 7) is 3.51. The summed E-state index contributed by atoms with van der Waals surface area (Å²) in [5.74, 6) is 0.346. The van der Waals surface area contributed by atoms with E-state index in [1.54, 1.807) is 16.8 Å². The zero-order chi connectivity index (χ0) is 21.1. The molecule has 0 atom stereocenters. The molecule has 0 bridgehead atoms. The fourth-order valence-corrected chi connectivity index (χ4v) is 3.99. The summed E-state index contributed by atoms with van der Waals surface area (Å²) in [5, 5.41) is 16.2. The van der Waals surface area contributed by atoms with Crippen LogP contribution in [0.3, 0.4) is 0 Å². The third kappa shape index (κ3) is 4.25. The minimum Gasteiger partial charge on any atom is -0.423 e. The van der Waals surface area contributed by atoms with Crippen LogP contribution in [-0.2, 0) is 17.0 Å². The van der Waals surface area contributed by atoms with Crippen molar-refractivity contribution < 1.29 is 9.21 Å². The number of amides is 1. The second-order valence-corrected chi connectivity index (χ2v) is 7.61. The molecule has 2 aromatic carbocycles. The molecule has 2 aromatic heterocycles. The van der Waals surface area contributed by atoms with Gasteiger partial charge in [-0.1, -0.05) is 36.9 Å². The highest BCUT2D eigenvalue weighted by atomic mass is 32.2. The summed E-state index contributed by atoms with van der Waals surface area (Å²) in [5.41, 5.74) is 3.55. The number of hydrogen-bond acceptors (Lipinski definition) is 7. The first-order valence-corrected chi connectivity index (χ1v) is 10.4. The number of nitrogens with one attached hydrogen (secondary N) is 1. The van der Waals surface area contributed by atoms with Gasteiger partial charge in [-0.05, 0) is 52.2 Å². The van der Waals surface area contributed by atoms with Crippen molar-refractivity contribution in [1.82, 2.24) is 20.2 Å². The van der Waals surface area contributed by atoms with E-state index in [9.17, 15) is 9.59 Å². The molecule has 30 heavy (non-hydrogen) atoms. The van der Waals surface area contributed by atoms with Gasteiger partial charge in [0.05, 0.1) is 5.69 Å². The summed E-state index contributed by atoms with van der Waals surface area (Å²) in [6, 6.07) is 14.7. The Balaban J connectivity index is 1.62. The third-order valence-electron chi connectivity index (χ3n) is 4.51. The van der Waals surface area contributed by atoms with Crippen LogP contribution in [0.1, 0.15) is 25.0 Å². The van der Waals surface area contributed by atoms with E-state index in [1.807, 2.05) is 30.3 Å². The van der Waals surface area contributed by atoms with Crippen LogP contribution in [-0.4, -0.2) is 26.1 Å². The molecule has 0 aliphatic heterocycles. The van der Waals surface area contributed by atoms with E-state index in [0.717, 1.165) is 28.6 Å². The number of carbonyl (C=O) groups excluding carboxylic acids is 1. The molecule has 0 saturated heterocycles. The minimum atomic E-state index is -0.381. The van der Waals surface area contributed by atoms with E-state index in [-0.39, 0.29) is 11.5 Å². The van der Waals surface area contributed by atoms with Crippen LogP contribution >= 0.6 is 11.8 Å². The van der Waals surface area contributed by atoms with Gasteiger partial charge in [0.15, 0.2) is 0 Å². The van der Waals surface area contributed by atoms with Crippen molar-refractivity contribution >= 4 is 34.3 Å². The van der Waals surface area contributed by atoms with Crippen LogP contribution < -0.4 is 10.9 Å². The second kappa shape index (κ2) is 8.50. The number of aromatic nitrogens is 4. The molecule has 152 valence electrons. The molecule has 2 heterocycles. The maximum atomic E-state index is 12.0. The van der Waals surface area contributed by atoms with Gasteiger partial charge in [-0.2, -0.15) is 4.68 Å². The van der Waals surface area contributed by atoms with E-state index >= 15 is 0 Å². The standard InChI is InChI=1S/C21H19N5O3S/c1-3-14-7-8-18-15(10-20(28)29-19(18)9-14)12-30-21-23-24-25-26(21)17-6-4-5-16(11-17)22-13(2)27/h4-11H,3,12H2,1-2H3,(H,22,27). The highest BCUT2D eigenvalue weighted by Gasteiger charge is 2.13. The van der Waals surface area contributed by atoms with Crippen molar-refractivity contribution in [3.8, 4) is 5.69 Å². The molecule has 4 aromatic rings. The Morgan fingerprint density at radius 2 is 2.07 bits per heavy atom. The molecule has 0 aliphatic rings. The summed E-state index contributed by atoms with van der Waals surface area (Å²) in [6.07, 6.45) is 0.866. The Bertz CT molecular complexity index is 1280. The van der Waals surface area contributed by atoms with Crippen molar-refractivity contribution in [2.45, 2.75) is 31.2 Å². The summed E-state index contributed by atoms with van der Waals surface area (Å²) >= 11 is 1.41. The highest BCUT2D eigenvalue weighted by molar-refractivity contribution is 7.98. The molecule has 9 heteroatoms. The van der Waals surface area contributed by atoms with Gasteiger partial charge in [-0.3, -0.25) is 4.79 Å². The highest BCUT2D eigenvalue weighted by Crippen LogP contribution is 2.27. The van der Waals surface area contributed by atoms with Crippen molar-refractivity contribution in [3.05, 3.63) is 70.1 Å². The number of anilines is 1. The zero-order valence-corrected chi connectivity index (χ0v) is 17.3. The number of thioether (sulfide) groups is 1. The molecule has 0 radical (unpaired) electrons. The molecule has 0 spiro atoms. The quantitative estimate of drug-likeness (QED) is 0.375. The lowest BCUT2D eigenvalue weighted by atomic mass is 10.1. The van der Waals surface area contributed by atoms with E-state index in [0.29, 0.717) is 22.2 Å². The van der Waals surface area contributed by atoms with Crippen molar-refractivity contribution in [1.29, 1.82) is 0 Å². The lowest BCUT2D eigenvalue weighted by Crippen LogP contribution is -2.07. The van der Waals surface area contributed by atoms with Crippen LogP contribution in [0.4, 0.5) is 5.69 Å². The monoisotopic (exact) mass is 421 g/mol. The van der Waals surface area contributed by atoms with E-state index in [4.69, 9.17) is 4.42 Å². The Kier molecular flexibility index (Phi) is 5.62. The summed E-state index contributed by atoms with van der Waals surface area (Å²) < 4.78 is 6.97. The lowest BCUT2D eigenvalue weighted by molar-refractivity contribution is -0.114. The molecule has 0 unspecified atom stereocenters. The van der Waals surface area contributed by atoms with E-state index < -0.39 is 0 Å². The molecule has 1 N–H and O–H groups in total. The number of aryl methyl sites for hydroxylation is 1. The van der Waals surface area contributed by atoms with Gasteiger partial charge in [0, 0.05) is 29.8 Å². The van der Waals surface area contributed by atoms with Crippen molar-refractivity contribution in [2.75, 3.05) is 5.32 Å². The Morgan fingerprint density at radius 3 is 2.87 bits per heavy atom. The zero-order valence-electron chi connectivity index (χ0n) is 16.5. The molecular weight excluding hydrogens is 402 g/mol. The van der Waals surface area contributed by atoms with Crippen molar-refractivity contribution in [3.63, 3.8) is 0 Å². The molecule has 0 fully saturated rings. The average molecular weight is 421 g/mol. The largest absolute Gasteiger partial charge is 0.423 e. The van der Waals surface area contributed by atoms with Crippen LogP contribution in [0.2, 0.25) is 0 Å². The fourth-order valence-electron chi connectivity index (χ4n) is 3.11. The first kappa shape index (κ1) is 19.8. The number of rotatable bonds is 6. The minimum absolute atomic E-state index is 0.153. The van der Waals surface area contributed by atoms with Gasteiger partial charge in [0.25, 0.3) is 0 Å². The van der Waals surface area contributed by atoms with Gasteiger partial charge < -0.3 is 9.73 Å². The molecule has 1 amide bonds. The third-order valence-corrected chi connectivity index (χ3v) is 5.48. The maximum absolute atomic E-state index is 12.0. The van der Waals surface area contributed by atoms with E-state index in [2.05, 4.69) is 27.8 Å². The number of nitrogens with zero attached hydrogens (tertiary/aromatic N) is 4. The summed E-state index contributed by atoms with van der Waals surface area (Å²) in [7, 11) is 0. The molecule has 4 rings (SSSR count). The molecule has 0 saturated carbocycles. The van der Waals surface area contributed by atoms with Gasteiger partial charge >= 0.3 is 5.63 Å². The Morgan fingerprint density at radius 1 is 1.20 bits per heavy atom. The Hall–Kier alpha value is -3.46. The topological polar surface area (TPSA) is 103 Å². The van der Waals surface area contributed by atoms with Crippen LogP contribution in [0.5, 0.6) is 0 Å². The van der Waals surface area contributed by atoms with Gasteiger partial charge in [0.1, 0.15) is 5.58 Å². The number of hydrogen-bond donors (Lipinski definition) is 1.